The van der Waals surface area contributed by atoms with E-state index < -0.39 is 34.3 Å². The van der Waals surface area contributed by atoms with Crippen LogP contribution >= 0.6 is 0 Å². The summed E-state index contributed by atoms with van der Waals surface area (Å²) in [6.07, 6.45) is 0. The Bertz CT molecular complexity index is 411. The van der Waals surface area contributed by atoms with Crippen molar-refractivity contribution in [2.75, 3.05) is 21.1 Å². The molecule has 0 aromatic rings. The van der Waals surface area contributed by atoms with E-state index in [1.54, 1.807) is 0 Å². The van der Waals surface area contributed by atoms with Gasteiger partial charge in [-0.3, -0.25) is 0 Å². The summed E-state index contributed by atoms with van der Waals surface area (Å²) in [6.45, 7) is 17.6. The van der Waals surface area contributed by atoms with Gasteiger partial charge in [0, 0.05) is 0 Å². The number of hydrogen-bond acceptors (Lipinski definition) is 7. The summed E-state index contributed by atoms with van der Waals surface area (Å²) in [5.41, 5.74) is 0. The van der Waals surface area contributed by atoms with Crippen LogP contribution in [0.15, 0.2) is 0 Å². The van der Waals surface area contributed by atoms with Crippen LogP contribution in [0.5, 0.6) is 0 Å². The Balaban J connectivity index is 3.14. The lowest BCUT2D eigenvalue weighted by Crippen LogP contribution is -2.80. The van der Waals surface area contributed by atoms with Crippen LogP contribution < -0.4 is 18.6 Å². The summed E-state index contributed by atoms with van der Waals surface area (Å²) in [7, 11) is 0.312. The monoisotopic (exact) mass is 455 g/mol. The van der Waals surface area contributed by atoms with Gasteiger partial charge in [0.15, 0.2) is 63.8 Å². The number of rotatable bonds is 0. The predicted molar refractivity (Wildman–Crippen MR) is 127 cm³/mol. The first kappa shape index (κ1) is 23.3. The maximum absolute atomic E-state index is 3.99. The van der Waals surface area contributed by atoms with Gasteiger partial charge in [-0.1, -0.05) is 0 Å². The van der Waals surface area contributed by atoms with E-state index in [2.05, 4.69) is 98.3 Å². The normalized spacial score (nSPS) is 34.5. The molecule has 24 heavy (non-hydrogen) atoms. The number of hydrogen-bond donors (Lipinski definition) is 4. The van der Waals surface area contributed by atoms with Crippen molar-refractivity contribution in [1.82, 2.24) is 31.3 Å². The van der Waals surface area contributed by atoms with Gasteiger partial charge >= 0.3 is 0 Å². The highest BCUT2D eigenvalue weighted by Gasteiger charge is 2.48. The second-order valence-electron chi connectivity index (χ2n) is 8.36. The van der Waals surface area contributed by atoms with Crippen LogP contribution in [0.1, 0.15) is 0 Å². The van der Waals surface area contributed by atoms with Crippen LogP contribution in [0.4, 0.5) is 0 Å². The van der Waals surface area contributed by atoms with E-state index >= 15 is 0 Å². The van der Waals surface area contributed by atoms with Crippen molar-refractivity contribution in [1.29, 1.82) is 0 Å². The fourth-order valence-corrected chi connectivity index (χ4v) is 34.6. The molecule has 0 aromatic heterocycles. The van der Waals surface area contributed by atoms with Crippen LogP contribution in [-0.4, -0.2) is 97.7 Å². The Morgan fingerprint density at radius 3 is 1.88 bits per heavy atom. The molecule has 4 N–H and O–H groups in total. The summed E-state index contributed by atoms with van der Waals surface area (Å²) in [5, 5.41) is 0. The zero-order valence-corrected chi connectivity index (χ0v) is 25.9. The van der Waals surface area contributed by atoms with Crippen molar-refractivity contribution < 1.29 is 0 Å². The second-order valence-corrected chi connectivity index (χ2v) is 32.5. The van der Waals surface area contributed by atoms with Crippen LogP contribution in [0.25, 0.3) is 0 Å². The Kier molecular flexibility index (Phi) is 8.68. The van der Waals surface area contributed by atoms with Crippen molar-refractivity contribution in [3.8, 4) is 0 Å². The third kappa shape index (κ3) is 5.38. The average molecular weight is 456 g/mol. The van der Waals surface area contributed by atoms with Crippen molar-refractivity contribution in [2.24, 2.45) is 0 Å². The molecule has 0 saturated carbocycles. The van der Waals surface area contributed by atoms with Gasteiger partial charge in [-0.05, 0) is 67.0 Å². The van der Waals surface area contributed by atoms with Gasteiger partial charge in [0.2, 0.25) is 0 Å². The fraction of sp³-hybridized carbons (Fsp3) is 1.00. The lowest BCUT2D eigenvalue weighted by Gasteiger charge is -2.55. The minimum Gasteiger partial charge on any atom is -0.346 e. The lowest BCUT2D eigenvalue weighted by molar-refractivity contribution is 0.564. The molecule has 1 aliphatic rings. The molecule has 144 valence electrons. The molecule has 0 bridgehead atoms. The summed E-state index contributed by atoms with van der Waals surface area (Å²) in [4.78, 5) is 0. The molecule has 7 nitrogen and oxygen atoms in total. The molecule has 0 amide bonds. The average Bonchev–Trinajstić information content (AvgIpc) is 2.50. The van der Waals surface area contributed by atoms with Crippen molar-refractivity contribution >= 4 is 63.8 Å². The van der Waals surface area contributed by atoms with E-state index in [1.165, 1.54) is 0 Å². The molecule has 1 atom stereocenters. The molecule has 1 aliphatic heterocycles. The van der Waals surface area contributed by atoms with Gasteiger partial charge < -0.3 is 31.3 Å². The van der Waals surface area contributed by atoms with E-state index in [1.807, 2.05) is 0 Å². The highest BCUT2D eigenvalue weighted by atomic mass is 28.5. The van der Waals surface area contributed by atoms with Gasteiger partial charge in [-0.15, -0.1) is 0 Å². The van der Waals surface area contributed by atoms with E-state index in [0.717, 1.165) is 0 Å². The Hall–Kier alpha value is 1.24. The molecule has 14 heteroatoms. The molecule has 1 fully saturated rings. The first-order valence-corrected chi connectivity index (χ1v) is 24.2. The summed E-state index contributed by atoms with van der Waals surface area (Å²) in [6, 6.07) is 0. The molecule has 0 aliphatic carbocycles. The zero-order chi connectivity index (χ0) is 18.8. The third-order valence-corrected chi connectivity index (χ3v) is 36.7. The first-order chi connectivity index (χ1) is 10.8. The quantitative estimate of drug-likeness (QED) is 0.292. The summed E-state index contributed by atoms with van der Waals surface area (Å²) >= 11 is 0. The molecular formula is C10H41N7Si7. The third-order valence-electron chi connectivity index (χ3n) is 6.16. The van der Waals surface area contributed by atoms with E-state index in [9.17, 15) is 0 Å². The Morgan fingerprint density at radius 1 is 0.750 bits per heavy atom. The molecule has 0 aromatic carbocycles. The maximum atomic E-state index is 3.99. The van der Waals surface area contributed by atoms with Crippen LogP contribution in [0.3, 0.4) is 0 Å². The molecular weight excluding hydrogens is 415 g/mol. The smallest absolute Gasteiger partial charge is 0.188 e. The van der Waals surface area contributed by atoms with E-state index in [0.29, 0.717) is 0 Å². The molecule has 1 saturated heterocycles. The van der Waals surface area contributed by atoms with Crippen molar-refractivity contribution in [2.45, 2.75) is 45.8 Å². The van der Waals surface area contributed by atoms with Crippen LogP contribution in [-0.2, 0) is 0 Å². The minimum absolute atomic E-state index is 0.286. The molecule has 1 rings (SSSR count). The summed E-state index contributed by atoms with van der Waals surface area (Å²) < 4.78 is 23.8. The molecule has 0 radical (unpaired) electrons. The van der Waals surface area contributed by atoms with Gasteiger partial charge in [-0.2, -0.15) is 0 Å². The Labute approximate surface area is 161 Å². The van der Waals surface area contributed by atoms with Gasteiger partial charge in [0.25, 0.3) is 0 Å². The van der Waals surface area contributed by atoms with Crippen LogP contribution in [0, 0.1) is 0 Å². The minimum atomic E-state index is -1.66. The van der Waals surface area contributed by atoms with Crippen LogP contribution in [0.2, 0.25) is 45.8 Å². The standard InChI is InChI=1S/C10H41N7Si7/c1-15-21(4)13-19-11-18-12-20-14-22(5,6)16(2)24(9,10)17(3)23(15,7)8/h11-14,21H,18-20H2,1-10H3. The van der Waals surface area contributed by atoms with E-state index in [-0.39, 0.29) is 29.5 Å². The SMILES string of the molecule is CN1[SiH](C)N[SiH2]N[SiH2]N[SiH2]N[Si](C)(C)N(C)[Si](C)(C)N(C)[Si]1(C)C. The number of nitrogens with zero attached hydrogens (tertiary/aromatic N) is 3. The van der Waals surface area contributed by atoms with Gasteiger partial charge in [-0.25, -0.2) is 0 Å². The fourth-order valence-electron chi connectivity index (χ4n) is 3.26. The van der Waals surface area contributed by atoms with Gasteiger partial charge in [0.1, 0.15) is 0 Å². The van der Waals surface area contributed by atoms with Crippen molar-refractivity contribution in [3.05, 3.63) is 0 Å². The molecule has 1 unspecified atom stereocenters. The predicted octanol–water partition coefficient (Wildman–Crippen LogP) is -2.89. The van der Waals surface area contributed by atoms with Crippen molar-refractivity contribution in [3.63, 3.8) is 0 Å². The van der Waals surface area contributed by atoms with Gasteiger partial charge in [0.05, 0.1) is 0 Å². The number of nitrogens with one attached hydrogen (secondary N) is 4. The molecule has 1 heterocycles. The highest BCUT2D eigenvalue weighted by Crippen LogP contribution is 2.25. The van der Waals surface area contributed by atoms with E-state index in [4.69, 9.17) is 0 Å². The second kappa shape index (κ2) is 8.95. The zero-order valence-electron chi connectivity index (χ0n) is 17.5. The maximum Gasteiger partial charge on any atom is 0.188 e. The Morgan fingerprint density at radius 2 is 1.29 bits per heavy atom. The topological polar surface area (TPSA) is 57.8 Å². The molecule has 0 spiro atoms. The largest absolute Gasteiger partial charge is 0.346 e. The first-order valence-electron chi connectivity index (χ1n) is 8.96. The summed E-state index contributed by atoms with van der Waals surface area (Å²) in [5.74, 6) is 0. The highest BCUT2D eigenvalue weighted by molar-refractivity contribution is 6.97. The lowest BCUT2D eigenvalue weighted by atomic mass is 11.6.